The van der Waals surface area contributed by atoms with Crippen LogP contribution in [0.25, 0.3) is 22.1 Å². The van der Waals surface area contributed by atoms with Crippen LogP contribution >= 0.6 is 0 Å². The summed E-state index contributed by atoms with van der Waals surface area (Å²) in [5.41, 5.74) is 6.18. The molecule has 206 valence electrons. The summed E-state index contributed by atoms with van der Waals surface area (Å²) in [6.45, 7) is 2.00. The summed E-state index contributed by atoms with van der Waals surface area (Å²) < 4.78 is 5.22. The van der Waals surface area contributed by atoms with Crippen LogP contribution in [0.3, 0.4) is 0 Å². The van der Waals surface area contributed by atoms with Gasteiger partial charge >= 0.3 is 0 Å². The number of hydrogen-bond donors (Lipinski definition) is 2. The number of hydrogen-bond acceptors (Lipinski definition) is 8. The molecule has 2 saturated carbocycles. The zero-order chi connectivity index (χ0) is 27.5. The molecule has 4 aromatic rings. The van der Waals surface area contributed by atoms with Crippen LogP contribution in [-0.2, 0) is 12.8 Å². The molecule has 3 atom stereocenters. The Bertz CT molecular complexity index is 1630. The third kappa shape index (κ3) is 5.28. The molecule has 3 aliphatic rings. The average Bonchev–Trinajstić information content (AvgIpc) is 3.16. The van der Waals surface area contributed by atoms with Gasteiger partial charge in [-0.05, 0) is 73.6 Å². The lowest BCUT2D eigenvalue weighted by Gasteiger charge is -2.46. The van der Waals surface area contributed by atoms with Crippen LogP contribution in [0.4, 0.5) is 11.5 Å². The van der Waals surface area contributed by atoms with Crippen molar-refractivity contribution >= 4 is 39.9 Å². The third-order valence-electron chi connectivity index (χ3n) is 8.50. The molecular formula is C31H35N7O2. The average molecular weight is 538 g/mol. The monoisotopic (exact) mass is 537 g/mol. The Morgan fingerprint density at radius 2 is 2.02 bits per heavy atom. The molecule has 0 aromatic carbocycles. The standard InChI is InChI=1S/C19H24N2O.C12H11N5O/c1-2-13-10-17-18(21-19(13)22)9-12(11-20-17)8-15-5-3-4-14-6-7-16(14)15;1-13-12-11-10(18-16-12)7-9(8-15-11)17-5-2-3-14-4-6-17/h9-11,14-16H,2-8H2,1H3,(H,21,22);2-8H,1H3,(H,13,16). The predicted octanol–water partition coefficient (Wildman–Crippen LogP) is 5.99. The second-order valence-corrected chi connectivity index (χ2v) is 10.8. The maximum Gasteiger partial charge on any atom is 0.251 e. The Balaban J connectivity index is 0.000000148. The second-order valence-electron chi connectivity index (χ2n) is 10.8. The number of pyridine rings is 3. The van der Waals surface area contributed by atoms with Gasteiger partial charge < -0.3 is 19.7 Å². The molecule has 2 N–H and O–H groups in total. The minimum Gasteiger partial charge on any atom is -0.369 e. The predicted molar refractivity (Wildman–Crippen MR) is 160 cm³/mol. The highest BCUT2D eigenvalue weighted by molar-refractivity contribution is 5.86. The van der Waals surface area contributed by atoms with Crippen molar-refractivity contribution in [3.8, 4) is 0 Å². The summed E-state index contributed by atoms with van der Waals surface area (Å²) in [5.74, 6) is 3.42. The molecule has 3 unspecified atom stereocenters. The van der Waals surface area contributed by atoms with Crippen molar-refractivity contribution in [2.45, 2.75) is 51.9 Å². The second kappa shape index (κ2) is 11.5. The number of aromatic nitrogens is 4. The van der Waals surface area contributed by atoms with Crippen LogP contribution in [0, 0.1) is 17.8 Å². The van der Waals surface area contributed by atoms with Crippen molar-refractivity contribution in [1.82, 2.24) is 20.1 Å². The smallest absolute Gasteiger partial charge is 0.251 e. The van der Waals surface area contributed by atoms with Gasteiger partial charge in [0.2, 0.25) is 0 Å². The van der Waals surface area contributed by atoms with E-state index in [-0.39, 0.29) is 5.56 Å². The zero-order valence-electron chi connectivity index (χ0n) is 23.0. The van der Waals surface area contributed by atoms with E-state index in [1.54, 1.807) is 25.7 Å². The van der Waals surface area contributed by atoms with E-state index in [1.165, 1.54) is 37.7 Å². The van der Waals surface area contributed by atoms with E-state index in [9.17, 15) is 4.79 Å². The summed E-state index contributed by atoms with van der Waals surface area (Å²) in [6, 6.07) is 5.96. The van der Waals surface area contributed by atoms with E-state index < -0.39 is 0 Å². The molecule has 1 aliphatic heterocycles. The van der Waals surface area contributed by atoms with Crippen LogP contribution in [-0.4, -0.2) is 33.4 Å². The van der Waals surface area contributed by atoms with Gasteiger partial charge in [-0.3, -0.25) is 14.8 Å². The Hall–Kier alpha value is -4.27. The fourth-order valence-electron chi connectivity index (χ4n) is 6.22. The summed E-state index contributed by atoms with van der Waals surface area (Å²) in [5, 5.41) is 6.82. The highest BCUT2D eigenvalue weighted by Gasteiger charge is 2.39. The van der Waals surface area contributed by atoms with Gasteiger partial charge in [-0.1, -0.05) is 24.9 Å². The van der Waals surface area contributed by atoms with Crippen molar-refractivity contribution in [2.24, 2.45) is 22.7 Å². The summed E-state index contributed by atoms with van der Waals surface area (Å²) in [4.78, 5) is 29.9. The minimum atomic E-state index is 0.0330. The van der Waals surface area contributed by atoms with E-state index >= 15 is 0 Å². The number of allylic oxidation sites excluding steroid dienone is 1. The van der Waals surface area contributed by atoms with Gasteiger partial charge in [-0.2, -0.15) is 0 Å². The first kappa shape index (κ1) is 26.0. The number of aryl methyl sites for hydroxylation is 1. The first-order valence-electron chi connectivity index (χ1n) is 14.2. The quantitative estimate of drug-likeness (QED) is 0.321. The van der Waals surface area contributed by atoms with Gasteiger partial charge in [0, 0.05) is 49.7 Å². The van der Waals surface area contributed by atoms with E-state index in [1.807, 2.05) is 48.6 Å². The zero-order valence-corrected chi connectivity index (χ0v) is 23.0. The molecule has 0 spiro atoms. The van der Waals surface area contributed by atoms with Gasteiger partial charge in [0.15, 0.2) is 16.9 Å². The van der Waals surface area contributed by atoms with Gasteiger partial charge in [0.05, 0.1) is 22.9 Å². The topological polar surface area (TPSA) is 112 Å². The lowest BCUT2D eigenvalue weighted by Crippen LogP contribution is -2.37. The number of aliphatic imine (C=N–C) groups is 1. The number of H-pyrrole nitrogens is 1. The third-order valence-corrected chi connectivity index (χ3v) is 8.50. The molecule has 0 radical (unpaired) electrons. The fourth-order valence-corrected chi connectivity index (χ4v) is 6.22. The van der Waals surface area contributed by atoms with E-state index in [2.05, 4.69) is 36.5 Å². The molecule has 0 saturated heterocycles. The van der Waals surface area contributed by atoms with Gasteiger partial charge in [0.1, 0.15) is 0 Å². The van der Waals surface area contributed by atoms with Crippen LogP contribution in [0.5, 0.6) is 0 Å². The Morgan fingerprint density at radius 1 is 1.10 bits per heavy atom. The minimum absolute atomic E-state index is 0.0330. The highest BCUT2D eigenvalue weighted by Crippen LogP contribution is 2.49. The molecule has 2 fully saturated rings. The maximum absolute atomic E-state index is 12.0. The number of nitrogens with one attached hydrogen (secondary N) is 2. The molecule has 9 nitrogen and oxygen atoms in total. The first-order chi connectivity index (χ1) is 19.6. The maximum atomic E-state index is 12.0. The van der Waals surface area contributed by atoms with Crippen molar-refractivity contribution in [3.05, 3.63) is 76.7 Å². The van der Waals surface area contributed by atoms with Gasteiger partial charge in [-0.25, -0.2) is 4.98 Å². The summed E-state index contributed by atoms with van der Waals surface area (Å²) >= 11 is 0. The van der Waals surface area contributed by atoms with Crippen LogP contribution in [0.15, 0.2) is 69.6 Å². The van der Waals surface area contributed by atoms with Crippen LogP contribution < -0.4 is 15.8 Å². The number of rotatable bonds is 5. The number of aromatic amines is 1. The van der Waals surface area contributed by atoms with Gasteiger partial charge in [-0.15, -0.1) is 0 Å². The normalized spacial score (nSPS) is 21.4. The highest BCUT2D eigenvalue weighted by atomic mass is 16.5. The molecule has 0 bridgehead atoms. The number of fused-ring (bicyclic) bond motifs is 3. The molecule has 2 aliphatic carbocycles. The van der Waals surface area contributed by atoms with Crippen LogP contribution in [0.1, 0.15) is 50.2 Å². The molecule has 0 amide bonds. The van der Waals surface area contributed by atoms with Crippen molar-refractivity contribution in [3.63, 3.8) is 0 Å². The van der Waals surface area contributed by atoms with Crippen molar-refractivity contribution in [2.75, 3.05) is 17.3 Å². The van der Waals surface area contributed by atoms with Crippen molar-refractivity contribution in [1.29, 1.82) is 0 Å². The lowest BCUT2D eigenvalue weighted by molar-refractivity contribution is 0.0526. The van der Waals surface area contributed by atoms with Crippen LogP contribution in [0.2, 0.25) is 0 Å². The molecule has 9 heteroatoms. The number of nitrogens with zero attached hydrogens (tertiary/aromatic N) is 5. The molecular weight excluding hydrogens is 502 g/mol. The van der Waals surface area contributed by atoms with E-state index in [0.717, 1.165) is 58.4 Å². The Labute approximate surface area is 233 Å². The fraction of sp³-hybridized carbons (Fsp3) is 0.387. The number of anilines is 2. The van der Waals surface area contributed by atoms with E-state index in [0.29, 0.717) is 11.4 Å². The van der Waals surface area contributed by atoms with E-state index in [4.69, 9.17) is 4.52 Å². The molecule has 7 rings (SSSR count). The Kier molecular flexibility index (Phi) is 7.44. The van der Waals surface area contributed by atoms with Crippen molar-refractivity contribution < 1.29 is 4.52 Å². The SMILES string of the molecule is CCc1cc2ncc(CC3CCCC4CCC43)cc2[nH]c1=O.CNc1noc2cc(N3C=CC=NC=C3)cnc12. The molecule has 4 aromatic heterocycles. The summed E-state index contributed by atoms with van der Waals surface area (Å²) in [6.07, 6.45) is 21.8. The molecule has 40 heavy (non-hydrogen) atoms. The molecule has 5 heterocycles. The first-order valence-corrected chi connectivity index (χ1v) is 14.2. The Morgan fingerprint density at radius 3 is 2.85 bits per heavy atom. The largest absolute Gasteiger partial charge is 0.369 e. The van der Waals surface area contributed by atoms with Gasteiger partial charge in [0.25, 0.3) is 5.56 Å². The lowest BCUT2D eigenvalue weighted by atomic mass is 9.59. The summed E-state index contributed by atoms with van der Waals surface area (Å²) in [7, 11) is 1.78.